The molecule has 0 aliphatic rings. The van der Waals surface area contributed by atoms with Crippen LogP contribution in [0.1, 0.15) is 63.3 Å². The number of nitrogens with one attached hydrogen (secondary N) is 1. The Bertz CT molecular complexity index is 417. The Kier molecular flexibility index (Phi) is 5.82. The molecule has 114 valence electrons. The van der Waals surface area contributed by atoms with Crippen molar-refractivity contribution in [1.82, 2.24) is 5.32 Å². The molecule has 1 rings (SSSR count). The topological polar surface area (TPSA) is 12.0 Å². The van der Waals surface area contributed by atoms with Gasteiger partial charge in [-0.2, -0.15) is 0 Å². The Morgan fingerprint density at radius 3 is 1.95 bits per heavy atom. The van der Waals surface area contributed by atoms with E-state index in [9.17, 15) is 0 Å². The van der Waals surface area contributed by atoms with Crippen molar-refractivity contribution in [2.24, 2.45) is 5.92 Å². The highest BCUT2D eigenvalue weighted by atomic mass is 14.9. The lowest BCUT2D eigenvalue weighted by atomic mass is 9.82. The van der Waals surface area contributed by atoms with Gasteiger partial charge in [0.1, 0.15) is 0 Å². The van der Waals surface area contributed by atoms with Crippen LogP contribution in [-0.4, -0.2) is 13.1 Å². The van der Waals surface area contributed by atoms with E-state index in [0.29, 0.717) is 12.0 Å². The maximum Gasteiger partial charge on any atom is 0.0130 e. The Labute approximate surface area is 126 Å². The SMILES string of the molecule is CCC(C)C(Cc1c(C)cc(C(C)(C)C)cc1C)NC. The molecular weight excluding hydrogens is 242 g/mol. The van der Waals surface area contributed by atoms with Gasteiger partial charge in [0, 0.05) is 6.04 Å². The van der Waals surface area contributed by atoms with Gasteiger partial charge < -0.3 is 5.32 Å². The highest BCUT2D eigenvalue weighted by Crippen LogP contribution is 2.28. The first-order chi connectivity index (χ1) is 9.20. The first kappa shape index (κ1) is 17.2. The lowest BCUT2D eigenvalue weighted by Crippen LogP contribution is -2.34. The summed E-state index contributed by atoms with van der Waals surface area (Å²) < 4.78 is 0. The second kappa shape index (κ2) is 6.76. The molecule has 0 radical (unpaired) electrons. The zero-order valence-corrected chi connectivity index (χ0v) is 14.7. The predicted octanol–water partition coefficient (Wildman–Crippen LogP) is 4.78. The van der Waals surface area contributed by atoms with E-state index in [4.69, 9.17) is 0 Å². The summed E-state index contributed by atoms with van der Waals surface area (Å²) in [6, 6.07) is 5.33. The summed E-state index contributed by atoms with van der Waals surface area (Å²) in [6.07, 6.45) is 2.36. The van der Waals surface area contributed by atoms with Gasteiger partial charge in [-0.25, -0.2) is 0 Å². The molecule has 1 heteroatoms. The average molecular weight is 275 g/mol. The van der Waals surface area contributed by atoms with Crippen molar-refractivity contribution in [2.45, 2.75) is 72.8 Å². The summed E-state index contributed by atoms with van der Waals surface area (Å²) >= 11 is 0. The number of benzene rings is 1. The highest BCUT2D eigenvalue weighted by molar-refractivity contribution is 5.41. The van der Waals surface area contributed by atoms with Crippen molar-refractivity contribution in [3.8, 4) is 0 Å². The molecule has 2 unspecified atom stereocenters. The molecule has 1 nitrogen and oxygen atoms in total. The summed E-state index contributed by atoms with van der Waals surface area (Å²) in [6.45, 7) is 16.0. The van der Waals surface area contributed by atoms with Crippen LogP contribution in [0.5, 0.6) is 0 Å². The Morgan fingerprint density at radius 2 is 1.60 bits per heavy atom. The van der Waals surface area contributed by atoms with Crippen LogP contribution in [0.4, 0.5) is 0 Å². The first-order valence-corrected chi connectivity index (χ1v) is 7.98. The normalized spacial score (nSPS) is 15.2. The van der Waals surface area contributed by atoms with Crippen molar-refractivity contribution in [3.63, 3.8) is 0 Å². The molecule has 1 N–H and O–H groups in total. The monoisotopic (exact) mass is 275 g/mol. The Balaban J connectivity index is 3.08. The van der Waals surface area contributed by atoms with E-state index < -0.39 is 0 Å². The molecule has 0 amide bonds. The van der Waals surface area contributed by atoms with Gasteiger partial charge in [-0.1, -0.05) is 53.2 Å². The molecular formula is C19H33N. The third-order valence-electron chi connectivity index (χ3n) is 4.69. The summed E-state index contributed by atoms with van der Waals surface area (Å²) in [4.78, 5) is 0. The summed E-state index contributed by atoms with van der Waals surface area (Å²) in [5.74, 6) is 0.709. The molecule has 0 bridgehead atoms. The van der Waals surface area contributed by atoms with Gasteiger partial charge in [0.15, 0.2) is 0 Å². The lowest BCUT2D eigenvalue weighted by molar-refractivity contribution is 0.385. The number of aryl methyl sites for hydroxylation is 2. The zero-order chi connectivity index (χ0) is 15.5. The summed E-state index contributed by atoms with van der Waals surface area (Å²) in [5.41, 5.74) is 6.09. The average Bonchev–Trinajstić information content (AvgIpc) is 2.36. The van der Waals surface area contributed by atoms with Crippen LogP contribution in [0.25, 0.3) is 0 Å². The fourth-order valence-corrected chi connectivity index (χ4v) is 2.84. The number of hydrogen-bond donors (Lipinski definition) is 1. The van der Waals surface area contributed by atoms with Crippen molar-refractivity contribution < 1.29 is 0 Å². The van der Waals surface area contributed by atoms with Gasteiger partial charge >= 0.3 is 0 Å². The van der Waals surface area contributed by atoms with Gasteiger partial charge in [0.25, 0.3) is 0 Å². The van der Waals surface area contributed by atoms with Crippen molar-refractivity contribution >= 4 is 0 Å². The van der Waals surface area contributed by atoms with Gasteiger partial charge in [0.05, 0.1) is 0 Å². The molecule has 0 saturated heterocycles. The van der Waals surface area contributed by atoms with E-state index in [-0.39, 0.29) is 5.41 Å². The molecule has 0 spiro atoms. The minimum absolute atomic E-state index is 0.229. The largest absolute Gasteiger partial charge is 0.316 e. The molecule has 0 heterocycles. The van der Waals surface area contributed by atoms with Crippen molar-refractivity contribution in [2.75, 3.05) is 7.05 Å². The van der Waals surface area contributed by atoms with Crippen LogP contribution in [0.3, 0.4) is 0 Å². The fraction of sp³-hybridized carbons (Fsp3) is 0.684. The lowest BCUT2D eigenvalue weighted by Gasteiger charge is -2.26. The Hall–Kier alpha value is -0.820. The number of rotatable bonds is 5. The minimum atomic E-state index is 0.229. The maximum absolute atomic E-state index is 3.50. The second-order valence-electron chi connectivity index (χ2n) is 7.32. The molecule has 20 heavy (non-hydrogen) atoms. The van der Waals surface area contributed by atoms with E-state index in [0.717, 1.165) is 6.42 Å². The minimum Gasteiger partial charge on any atom is -0.316 e. The van der Waals surface area contributed by atoms with E-state index in [2.05, 4.69) is 73.0 Å². The molecule has 0 saturated carbocycles. The molecule has 0 aromatic heterocycles. The van der Waals surface area contributed by atoms with Gasteiger partial charge in [-0.15, -0.1) is 0 Å². The van der Waals surface area contributed by atoms with E-state index in [1.807, 2.05) is 0 Å². The van der Waals surface area contributed by atoms with Crippen LogP contribution in [-0.2, 0) is 11.8 Å². The third-order valence-corrected chi connectivity index (χ3v) is 4.69. The van der Waals surface area contributed by atoms with E-state index >= 15 is 0 Å². The van der Waals surface area contributed by atoms with Crippen LogP contribution in [0.15, 0.2) is 12.1 Å². The molecule has 2 atom stereocenters. The van der Waals surface area contributed by atoms with Crippen molar-refractivity contribution in [3.05, 3.63) is 34.4 Å². The standard InChI is InChI=1S/C19H33N/c1-9-13(2)18(20-8)12-17-14(3)10-16(11-15(17)4)19(5,6)7/h10-11,13,18,20H,9,12H2,1-8H3. The van der Waals surface area contributed by atoms with Crippen LogP contribution in [0.2, 0.25) is 0 Å². The predicted molar refractivity (Wildman–Crippen MR) is 90.6 cm³/mol. The van der Waals surface area contributed by atoms with Gasteiger partial charge in [-0.05, 0) is 60.9 Å². The maximum atomic E-state index is 3.50. The van der Waals surface area contributed by atoms with Crippen LogP contribution in [0, 0.1) is 19.8 Å². The zero-order valence-electron chi connectivity index (χ0n) is 14.7. The smallest absolute Gasteiger partial charge is 0.0130 e. The molecule has 0 fully saturated rings. The number of hydrogen-bond acceptors (Lipinski definition) is 1. The van der Waals surface area contributed by atoms with Gasteiger partial charge in [-0.3, -0.25) is 0 Å². The van der Waals surface area contributed by atoms with Crippen LogP contribution < -0.4 is 5.32 Å². The van der Waals surface area contributed by atoms with Crippen LogP contribution >= 0.6 is 0 Å². The second-order valence-corrected chi connectivity index (χ2v) is 7.32. The Morgan fingerprint density at radius 1 is 1.10 bits per heavy atom. The first-order valence-electron chi connectivity index (χ1n) is 7.98. The molecule has 1 aromatic carbocycles. The highest BCUT2D eigenvalue weighted by Gasteiger charge is 2.19. The molecule has 1 aromatic rings. The fourth-order valence-electron chi connectivity index (χ4n) is 2.84. The number of likely N-dealkylation sites (N-methyl/N-ethyl adjacent to an activating group) is 1. The summed E-state index contributed by atoms with van der Waals surface area (Å²) in [5, 5.41) is 3.50. The molecule has 0 aliphatic carbocycles. The van der Waals surface area contributed by atoms with E-state index in [1.54, 1.807) is 0 Å². The van der Waals surface area contributed by atoms with Gasteiger partial charge in [0.2, 0.25) is 0 Å². The van der Waals surface area contributed by atoms with Crippen molar-refractivity contribution in [1.29, 1.82) is 0 Å². The molecule has 0 aliphatic heterocycles. The van der Waals surface area contributed by atoms with E-state index in [1.165, 1.54) is 28.7 Å². The third kappa shape index (κ3) is 4.09. The summed E-state index contributed by atoms with van der Waals surface area (Å²) in [7, 11) is 2.09. The quantitative estimate of drug-likeness (QED) is 0.815.